The van der Waals surface area contributed by atoms with Crippen molar-refractivity contribution in [2.24, 2.45) is 0 Å². The molecule has 0 aliphatic rings. The second kappa shape index (κ2) is 7.04. The maximum absolute atomic E-state index is 11.8. The van der Waals surface area contributed by atoms with Crippen LogP contribution in [0.25, 0.3) is 17.6 Å². The first kappa shape index (κ1) is 15.3. The monoisotopic (exact) mass is 304 g/mol. The van der Waals surface area contributed by atoms with E-state index in [-0.39, 0.29) is 5.91 Å². The molecule has 0 spiro atoms. The van der Waals surface area contributed by atoms with Gasteiger partial charge in [0.25, 0.3) is 0 Å². The summed E-state index contributed by atoms with van der Waals surface area (Å²) in [5, 5.41) is 4.92. The lowest BCUT2D eigenvalue weighted by Crippen LogP contribution is -2.25. The standard InChI is InChI=1S/C15H17ClN4O/c1-3-8-19(2)14(21)7-9-20-11-17-15(18-20)12-5-4-6-13(16)10-12/h4-7,9-11H,3,8H2,1-2H3/b9-7-. The van der Waals surface area contributed by atoms with Gasteiger partial charge in [-0.2, -0.15) is 0 Å². The van der Waals surface area contributed by atoms with Gasteiger partial charge in [0.15, 0.2) is 5.82 Å². The highest BCUT2D eigenvalue weighted by molar-refractivity contribution is 6.30. The molecule has 2 aromatic rings. The number of hydrogen-bond acceptors (Lipinski definition) is 3. The Balaban J connectivity index is 2.08. The highest BCUT2D eigenvalue weighted by Gasteiger charge is 2.05. The summed E-state index contributed by atoms with van der Waals surface area (Å²) in [6, 6.07) is 7.32. The molecule has 0 atom stereocenters. The fourth-order valence-electron chi connectivity index (χ4n) is 1.82. The fourth-order valence-corrected chi connectivity index (χ4v) is 2.01. The first-order chi connectivity index (χ1) is 10.1. The topological polar surface area (TPSA) is 51.0 Å². The third-order valence-corrected chi connectivity index (χ3v) is 3.13. The van der Waals surface area contributed by atoms with Crippen molar-refractivity contribution in [3.05, 3.63) is 41.7 Å². The molecule has 1 aromatic carbocycles. The normalized spacial score (nSPS) is 11.0. The summed E-state index contributed by atoms with van der Waals surface area (Å²) in [7, 11) is 1.77. The number of hydrogen-bond donors (Lipinski definition) is 0. The Morgan fingerprint density at radius 1 is 1.48 bits per heavy atom. The van der Waals surface area contributed by atoms with E-state index in [2.05, 4.69) is 10.1 Å². The molecule has 1 amide bonds. The van der Waals surface area contributed by atoms with Gasteiger partial charge in [-0.3, -0.25) is 4.79 Å². The molecule has 0 N–H and O–H groups in total. The Labute approximate surface area is 128 Å². The minimum atomic E-state index is -0.0587. The van der Waals surface area contributed by atoms with Crippen LogP contribution in [0.5, 0.6) is 0 Å². The average Bonchev–Trinajstić information content (AvgIpc) is 2.94. The van der Waals surface area contributed by atoms with E-state index in [0.29, 0.717) is 10.8 Å². The summed E-state index contributed by atoms with van der Waals surface area (Å²) >= 11 is 5.94. The molecule has 0 bridgehead atoms. The van der Waals surface area contributed by atoms with Gasteiger partial charge in [-0.1, -0.05) is 30.7 Å². The van der Waals surface area contributed by atoms with Crippen LogP contribution < -0.4 is 0 Å². The smallest absolute Gasteiger partial charge is 0.247 e. The van der Waals surface area contributed by atoms with E-state index < -0.39 is 0 Å². The van der Waals surface area contributed by atoms with Crippen molar-refractivity contribution in [1.29, 1.82) is 0 Å². The molecule has 0 aliphatic carbocycles. The van der Waals surface area contributed by atoms with Gasteiger partial charge in [0.2, 0.25) is 5.91 Å². The molecular formula is C15H17ClN4O. The second-order valence-corrected chi connectivity index (χ2v) is 5.07. The molecule has 0 aliphatic heterocycles. The minimum Gasteiger partial charge on any atom is -0.342 e. The van der Waals surface area contributed by atoms with Gasteiger partial charge in [-0.05, 0) is 18.6 Å². The Morgan fingerprint density at radius 2 is 2.29 bits per heavy atom. The zero-order chi connectivity index (χ0) is 15.2. The number of nitrogens with zero attached hydrogens (tertiary/aromatic N) is 4. The van der Waals surface area contributed by atoms with E-state index in [4.69, 9.17) is 11.6 Å². The molecule has 1 heterocycles. The van der Waals surface area contributed by atoms with Crippen LogP contribution in [-0.4, -0.2) is 39.2 Å². The van der Waals surface area contributed by atoms with Gasteiger partial charge in [0, 0.05) is 36.5 Å². The molecule has 0 fully saturated rings. The second-order valence-electron chi connectivity index (χ2n) is 4.63. The number of amides is 1. The number of benzene rings is 1. The number of likely N-dealkylation sites (N-methyl/N-ethyl adjacent to an activating group) is 1. The van der Waals surface area contributed by atoms with Gasteiger partial charge in [0.1, 0.15) is 6.33 Å². The summed E-state index contributed by atoms with van der Waals surface area (Å²) in [4.78, 5) is 17.6. The zero-order valence-corrected chi connectivity index (χ0v) is 12.8. The molecule has 0 saturated heterocycles. The lowest BCUT2D eigenvalue weighted by atomic mass is 10.2. The first-order valence-electron chi connectivity index (χ1n) is 6.70. The maximum atomic E-state index is 11.8. The summed E-state index contributed by atoms with van der Waals surface area (Å²) in [5.41, 5.74) is 0.837. The van der Waals surface area contributed by atoms with Crippen LogP contribution in [0.4, 0.5) is 0 Å². The van der Waals surface area contributed by atoms with E-state index >= 15 is 0 Å². The van der Waals surface area contributed by atoms with Crippen LogP contribution in [0.3, 0.4) is 0 Å². The molecule has 21 heavy (non-hydrogen) atoms. The lowest BCUT2D eigenvalue weighted by Gasteiger charge is -2.12. The number of halogens is 1. The molecular weight excluding hydrogens is 288 g/mol. The van der Waals surface area contributed by atoms with E-state index in [1.54, 1.807) is 36.6 Å². The van der Waals surface area contributed by atoms with Crippen molar-refractivity contribution >= 4 is 23.7 Å². The van der Waals surface area contributed by atoms with Gasteiger partial charge < -0.3 is 4.90 Å². The van der Waals surface area contributed by atoms with Crippen LogP contribution in [0, 0.1) is 0 Å². The number of carbonyl (C=O) groups is 1. The fraction of sp³-hybridized carbons (Fsp3) is 0.267. The van der Waals surface area contributed by atoms with Gasteiger partial charge >= 0.3 is 0 Å². The molecule has 0 unspecified atom stereocenters. The Hall–Kier alpha value is -2.14. The molecule has 0 saturated carbocycles. The largest absolute Gasteiger partial charge is 0.342 e. The Kier molecular flexibility index (Phi) is 5.11. The highest BCUT2D eigenvalue weighted by Crippen LogP contribution is 2.18. The van der Waals surface area contributed by atoms with Crippen molar-refractivity contribution in [3.8, 4) is 11.4 Å². The SMILES string of the molecule is CCCN(C)C(=O)/C=C\n1cnc(-c2cccc(Cl)c2)n1. The van der Waals surface area contributed by atoms with Crippen LogP contribution in [-0.2, 0) is 4.79 Å². The van der Waals surface area contributed by atoms with Crippen LogP contribution in [0.1, 0.15) is 13.3 Å². The van der Waals surface area contributed by atoms with Crippen LogP contribution in [0.15, 0.2) is 36.7 Å². The molecule has 2 rings (SSSR count). The molecule has 0 radical (unpaired) electrons. The van der Waals surface area contributed by atoms with Gasteiger partial charge in [-0.25, -0.2) is 9.67 Å². The zero-order valence-electron chi connectivity index (χ0n) is 12.0. The Bertz CT molecular complexity index is 651. The van der Waals surface area contributed by atoms with Crippen molar-refractivity contribution in [1.82, 2.24) is 19.7 Å². The highest BCUT2D eigenvalue weighted by atomic mass is 35.5. The van der Waals surface area contributed by atoms with Crippen LogP contribution >= 0.6 is 11.6 Å². The molecule has 1 aromatic heterocycles. The van der Waals surface area contributed by atoms with Gasteiger partial charge in [-0.15, -0.1) is 5.10 Å². The summed E-state index contributed by atoms with van der Waals surface area (Å²) in [5.74, 6) is 0.508. The Morgan fingerprint density at radius 3 is 3.00 bits per heavy atom. The average molecular weight is 305 g/mol. The predicted molar refractivity (Wildman–Crippen MR) is 83.7 cm³/mol. The quantitative estimate of drug-likeness (QED) is 0.798. The third kappa shape index (κ3) is 4.16. The lowest BCUT2D eigenvalue weighted by molar-refractivity contribution is -0.124. The molecule has 110 valence electrons. The van der Waals surface area contributed by atoms with Crippen LogP contribution in [0.2, 0.25) is 5.02 Å². The van der Waals surface area contributed by atoms with E-state index in [1.807, 2.05) is 19.1 Å². The summed E-state index contributed by atoms with van der Waals surface area (Å²) in [6.45, 7) is 2.76. The minimum absolute atomic E-state index is 0.0587. The predicted octanol–water partition coefficient (Wildman–Crippen LogP) is 2.94. The molecule has 6 heteroatoms. The summed E-state index contributed by atoms with van der Waals surface area (Å²) < 4.78 is 1.51. The van der Waals surface area contributed by atoms with Crippen molar-refractivity contribution in [2.45, 2.75) is 13.3 Å². The summed E-state index contributed by atoms with van der Waals surface area (Å²) in [6.07, 6.45) is 5.56. The number of aromatic nitrogens is 3. The maximum Gasteiger partial charge on any atom is 0.247 e. The van der Waals surface area contributed by atoms with E-state index in [1.165, 1.54) is 10.8 Å². The molecule has 5 nitrogen and oxygen atoms in total. The third-order valence-electron chi connectivity index (χ3n) is 2.90. The van der Waals surface area contributed by atoms with E-state index in [9.17, 15) is 4.79 Å². The number of carbonyl (C=O) groups excluding carboxylic acids is 1. The van der Waals surface area contributed by atoms with Crippen molar-refractivity contribution in [3.63, 3.8) is 0 Å². The first-order valence-corrected chi connectivity index (χ1v) is 7.08. The van der Waals surface area contributed by atoms with Gasteiger partial charge in [0.05, 0.1) is 0 Å². The number of rotatable bonds is 5. The van der Waals surface area contributed by atoms with E-state index in [0.717, 1.165) is 18.5 Å². The van der Waals surface area contributed by atoms with Crippen molar-refractivity contribution in [2.75, 3.05) is 13.6 Å². The van der Waals surface area contributed by atoms with Crippen molar-refractivity contribution < 1.29 is 4.79 Å².